The first-order chi connectivity index (χ1) is 12.6. The highest BCUT2D eigenvalue weighted by Crippen LogP contribution is 2.68. The normalized spacial score (nSPS) is 51.7. The zero-order chi connectivity index (χ0) is 19.6. The topological polar surface area (TPSA) is 63.6 Å². The van der Waals surface area contributed by atoms with E-state index in [2.05, 4.69) is 13.8 Å². The molecule has 4 heteroatoms. The Hall–Kier alpha value is -0.900. The molecule has 4 saturated carbocycles. The molecule has 4 aliphatic rings. The summed E-state index contributed by atoms with van der Waals surface area (Å²) in [6.45, 7) is 7.76. The van der Waals surface area contributed by atoms with Crippen molar-refractivity contribution in [2.45, 2.75) is 97.2 Å². The van der Waals surface area contributed by atoms with Gasteiger partial charge in [0.05, 0.1) is 0 Å². The van der Waals surface area contributed by atoms with Crippen molar-refractivity contribution in [1.82, 2.24) is 0 Å². The van der Waals surface area contributed by atoms with Gasteiger partial charge in [-0.1, -0.05) is 13.8 Å². The Balaban J connectivity index is 1.56. The maximum absolute atomic E-state index is 12.3. The minimum atomic E-state index is -1.12. The Morgan fingerprint density at radius 3 is 2.30 bits per heavy atom. The third-order valence-corrected chi connectivity index (χ3v) is 9.68. The van der Waals surface area contributed by atoms with Crippen LogP contribution in [0.1, 0.15) is 85.5 Å². The molecule has 0 spiro atoms. The number of rotatable bonds is 2. The first kappa shape index (κ1) is 19.4. The van der Waals surface area contributed by atoms with Crippen molar-refractivity contribution < 1.29 is 19.4 Å². The van der Waals surface area contributed by atoms with Crippen LogP contribution >= 0.6 is 0 Å². The highest BCUT2D eigenvalue weighted by Gasteiger charge is 2.66. The number of fused-ring (bicyclic) bond motifs is 5. The summed E-state index contributed by atoms with van der Waals surface area (Å²) in [6.07, 6.45) is 9.34. The van der Waals surface area contributed by atoms with Gasteiger partial charge in [0, 0.05) is 12.3 Å². The molecule has 0 aromatic heterocycles. The third kappa shape index (κ3) is 2.65. The first-order valence-electron chi connectivity index (χ1n) is 11.0. The molecule has 27 heavy (non-hydrogen) atoms. The Kier molecular flexibility index (Phi) is 4.53. The Labute approximate surface area is 163 Å². The number of ketones is 1. The van der Waals surface area contributed by atoms with Crippen molar-refractivity contribution in [2.24, 2.45) is 34.5 Å². The highest BCUT2D eigenvalue weighted by atomic mass is 16.5. The zero-order valence-electron chi connectivity index (χ0n) is 17.4. The van der Waals surface area contributed by atoms with Crippen molar-refractivity contribution in [3.63, 3.8) is 0 Å². The molecular weight excluding hydrogens is 340 g/mol. The van der Waals surface area contributed by atoms with Crippen LogP contribution in [0.3, 0.4) is 0 Å². The van der Waals surface area contributed by atoms with Crippen LogP contribution < -0.4 is 0 Å². The molecule has 0 aliphatic heterocycles. The van der Waals surface area contributed by atoms with E-state index in [-0.39, 0.29) is 23.3 Å². The Morgan fingerprint density at radius 1 is 0.926 bits per heavy atom. The van der Waals surface area contributed by atoms with Gasteiger partial charge in [-0.05, 0) is 93.8 Å². The number of aliphatic hydroxyl groups is 1. The predicted octanol–water partition coefficient (Wildman–Crippen LogP) is 4.28. The second kappa shape index (κ2) is 6.30. The van der Waals surface area contributed by atoms with E-state index >= 15 is 0 Å². The molecule has 0 amide bonds. The van der Waals surface area contributed by atoms with Gasteiger partial charge in [-0.3, -0.25) is 9.59 Å². The van der Waals surface area contributed by atoms with Crippen LogP contribution in [0.25, 0.3) is 0 Å². The van der Waals surface area contributed by atoms with Crippen LogP contribution in [0.15, 0.2) is 0 Å². The van der Waals surface area contributed by atoms with Gasteiger partial charge in [-0.2, -0.15) is 0 Å². The number of ether oxygens (including phenoxy) is 1. The number of esters is 1. The van der Waals surface area contributed by atoms with Crippen LogP contribution in [0.2, 0.25) is 0 Å². The summed E-state index contributed by atoms with van der Waals surface area (Å²) in [7, 11) is 0. The van der Waals surface area contributed by atoms with E-state index in [1.54, 1.807) is 6.92 Å². The second-order valence-corrected chi connectivity index (χ2v) is 10.6. The summed E-state index contributed by atoms with van der Waals surface area (Å²) < 4.78 is 5.55. The lowest BCUT2D eigenvalue weighted by molar-refractivity contribution is -0.175. The molecule has 0 saturated heterocycles. The largest absolute Gasteiger partial charge is 0.463 e. The lowest BCUT2D eigenvalue weighted by atomic mass is 9.44. The molecular formula is C23H36O4. The smallest absolute Gasteiger partial charge is 0.302 e. The minimum Gasteiger partial charge on any atom is -0.463 e. The molecule has 0 radical (unpaired) electrons. The molecule has 8 atom stereocenters. The van der Waals surface area contributed by atoms with E-state index in [0.29, 0.717) is 35.5 Å². The standard InChI is InChI=1S/C23H36O4/c1-14(24)23(26)12-9-20-18-6-5-16-13-17(27-15(2)25)7-10-21(16,3)19(18)8-11-22(20,23)4/h16-20,26H,5-13H2,1-4H3/t16-,17+,18-,19+,20+,21-,22-,23+/m0/s1. The maximum Gasteiger partial charge on any atom is 0.302 e. The van der Waals surface area contributed by atoms with Gasteiger partial charge in [-0.25, -0.2) is 0 Å². The fraction of sp³-hybridized carbons (Fsp3) is 0.913. The molecule has 0 aromatic rings. The summed E-state index contributed by atoms with van der Waals surface area (Å²) in [4.78, 5) is 23.7. The lowest BCUT2D eigenvalue weighted by Gasteiger charge is -2.61. The van der Waals surface area contributed by atoms with Crippen LogP contribution in [0.5, 0.6) is 0 Å². The van der Waals surface area contributed by atoms with Crippen LogP contribution in [-0.4, -0.2) is 28.6 Å². The molecule has 4 aliphatic carbocycles. The summed E-state index contributed by atoms with van der Waals surface area (Å²) in [6, 6.07) is 0. The van der Waals surface area contributed by atoms with Gasteiger partial charge in [0.25, 0.3) is 0 Å². The number of Topliss-reactive ketones (excluding diaryl/α,β-unsaturated/α-hetero) is 1. The van der Waals surface area contributed by atoms with Crippen molar-refractivity contribution in [3.8, 4) is 0 Å². The number of hydrogen-bond acceptors (Lipinski definition) is 4. The SMILES string of the molecule is CC(=O)O[C@@H]1CC[C@@]2(C)[C@@H](CC[C@H]3[C@H]2CC[C@@]2(C)[C@@H]3CC[C@@]2(O)C(C)=O)C1. The van der Waals surface area contributed by atoms with Gasteiger partial charge in [-0.15, -0.1) is 0 Å². The molecule has 0 unspecified atom stereocenters. The molecule has 0 heterocycles. The fourth-order valence-corrected chi connectivity index (χ4v) is 8.15. The number of hydrogen-bond donors (Lipinski definition) is 1. The van der Waals surface area contributed by atoms with Crippen molar-refractivity contribution in [2.75, 3.05) is 0 Å². The number of carbonyl (C=O) groups excluding carboxylic acids is 2. The van der Waals surface area contributed by atoms with Crippen LogP contribution in [0.4, 0.5) is 0 Å². The maximum atomic E-state index is 12.3. The van der Waals surface area contributed by atoms with E-state index in [1.165, 1.54) is 19.8 Å². The third-order valence-electron chi connectivity index (χ3n) is 9.68. The second-order valence-electron chi connectivity index (χ2n) is 10.6. The molecule has 152 valence electrons. The minimum absolute atomic E-state index is 0.0345. The van der Waals surface area contributed by atoms with E-state index in [9.17, 15) is 14.7 Å². The molecule has 0 aromatic carbocycles. The quantitative estimate of drug-likeness (QED) is 0.731. The summed E-state index contributed by atoms with van der Waals surface area (Å²) in [5, 5.41) is 11.2. The number of carbonyl (C=O) groups is 2. The van der Waals surface area contributed by atoms with Crippen LogP contribution in [0, 0.1) is 34.5 Å². The van der Waals surface area contributed by atoms with E-state index < -0.39 is 5.60 Å². The predicted molar refractivity (Wildman–Crippen MR) is 103 cm³/mol. The first-order valence-corrected chi connectivity index (χ1v) is 11.0. The van der Waals surface area contributed by atoms with Gasteiger partial charge >= 0.3 is 5.97 Å². The molecule has 4 rings (SSSR count). The van der Waals surface area contributed by atoms with E-state index in [0.717, 1.165) is 38.5 Å². The Bertz CT molecular complexity index is 644. The van der Waals surface area contributed by atoms with E-state index in [1.807, 2.05) is 0 Å². The van der Waals surface area contributed by atoms with Crippen LogP contribution in [-0.2, 0) is 14.3 Å². The van der Waals surface area contributed by atoms with E-state index in [4.69, 9.17) is 4.74 Å². The van der Waals surface area contributed by atoms with Gasteiger partial charge in [0.2, 0.25) is 0 Å². The fourth-order valence-electron chi connectivity index (χ4n) is 8.15. The van der Waals surface area contributed by atoms with Gasteiger partial charge in [0.15, 0.2) is 5.78 Å². The summed E-state index contributed by atoms with van der Waals surface area (Å²) in [5.41, 5.74) is -1.05. The highest BCUT2D eigenvalue weighted by molar-refractivity contribution is 5.86. The Morgan fingerprint density at radius 2 is 1.63 bits per heavy atom. The lowest BCUT2D eigenvalue weighted by Crippen LogP contribution is -2.58. The molecule has 4 fully saturated rings. The molecule has 1 N–H and O–H groups in total. The monoisotopic (exact) mass is 376 g/mol. The molecule has 4 nitrogen and oxygen atoms in total. The average molecular weight is 377 g/mol. The van der Waals surface area contributed by atoms with Crippen molar-refractivity contribution in [1.29, 1.82) is 0 Å². The molecule has 0 bridgehead atoms. The van der Waals surface area contributed by atoms with Gasteiger partial charge in [0.1, 0.15) is 11.7 Å². The van der Waals surface area contributed by atoms with Gasteiger partial charge < -0.3 is 9.84 Å². The summed E-state index contributed by atoms with van der Waals surface area (Å²) >= 11 is 0. The average Bonchev–Trinajstić information content (AvgIpc) is 2.87. The zero-order valence-corrected chi connectivity index (χ0v) is 17.4. The van der Waals surface area contributed by atoms with Crippen molar-refractivity contribution in [3.05, 3.63) is 0 Å². The van der Waals surface area contributed by atoms with Crippen molar-refractivity contribution >= 4 is 11.8 Å². The summed E-state index contributed by atoms with van der Waals surface area (Å²) in [5.74, 6) is 2.22.